The van der Waals surface area contributed by atoms with Gasteiger partial charge < -0.3 is 21.5 Å². The van der Waals surface area contributed by atoms with Gasteiger partial charge in [0.05, 0.1) is 12.6 Å². The maximum Gasteiger partial charge on any atom is 0.326 e. The quantitative estimate of drug-likeness (QED) is 0.512. The van der Waals surface area contributed by atoms with E-state index in [1.165, 1.54) is 0 Å². The zero-order chi connectivity index (χ0) is 19.6. The molecule has 27 heavy (non-hydrogen) atoms. The van der Waals surface area contributed by atoms with Gasteiger partial charge >= 0.3 is 5.97 Å². The Bertz CT molecular complexity index is 765. The van der Waals surface area contributed by atoms with Crippen LogP contribution in [0.1, 0.15) is 11.1 Å². The minimum Gasteiger partial charge on any atom is -0.480 e. The number of hydrogen-bond donors (Lipinski definition) is 4. The van der Waals surface area contributed by atoms with Gasteiger partial charge in [0.2, 0.25) is 11.8 Å². The second-order valence-electron chi connectivity index (χ2n) is 6.16. The van der Waals surface area contributed by atoms with Crippen molar-refractivity contribution in [2.24, 2.45) is 5.73 Å². The summed E-state index contributed by atoms with van der Waals surface area (Å²) in [5.41, 5.74) is 7.56. The van der Waals surface area contributed by atoms with Crippen LogP contribution >= 0.6 is 0 Å². The van der Waals surface area contributed by atoms with E-state index < -0.39 is 29.9 Å². The summed E-state index contributed by atoms with van der Waals surface area (Å²) in [6.45, 7) is -0.333. The molecule has 2 rings (SSSR count). The molecule has 2 aromatic carbocycles. The number of nitrogens with two attached hydrogens (primary N) is 1. The fourth-order valence-corrected chi connectivity index (χ4v) is 2.55. The van der Waals surface area contributed by atoms with Gasteiger partial charge in [-0.2, -0.15) is 0 Å². The summed E-state index contributed by atoms with van der Waals surface area (Å²) in [4.78, 5) is 35.4. The third kappa shape index (κ3) is 6.91. The molecular weight excluding hydrogens is 346 g/mol. The van der Waals surface area contributed by atoms with E-state index in [1.807, 2.05) is 36.4 Å². The van der Waals surface area contributed by atoms with Crippen molar-refractivity contribution in [3.05, 3.63) is 71.8 Å². The SMILES string of the molecule is NC(Cc1ccccc1)C(=O)NCC(=O)NC(Cc1ccccc1)C(=O)O. The van der Waals surface area contributed by atoms with Gasteiger partial charge in [0, 0.05) is 6.42 Å². The van der Waals surface area contributed by atoms with E-state index in [2.05, 4.69) is 10.6 Å². The molecule has 0 aliphatic carbocycles. The molecule has 2 aromatic rings. The van der Waals surface area contributed by atoms with Gasteiger partial charge in [-0.1, -0.05) is 60.7 Å². The molecule has 7 nitrogen and oxygen atoms in total. The monoisotopic (exact) mass is 369 g/mol. The summed E-state index contributed by atoms with van der Waals surface area (Å²) in [5, 5.41) is 14.1. The number of carboxylic acids is 1. The normalized spacial score (nSPS) is 12.6. The summed E-state index contributed by atoms with van der Waals surface area (Å²) < 4.78 is 0. The molecule has 5 N–H and O–H groups in total. The number of rotatable bonds is 9. The van der Waals surface area contributed by atoms with Crippen LogP contribution in [0.3, 0.4) is 0 Å². The van der Waals surface area contributed by atoms with Gasteiger partial charge in [0.1, 0.15) is 6.04 Å². The van der Waals surface area contributed by atoms with Crippen LogP contribution in [0, 0.1) is 0 Å². The Morgan fingerprint density at radius 2 is 1.41 bits per heavy atom. The van der Waals surface area contributed by atoms with Gasteiger partial charge in [0.25, 0.3) is 0 Å². The third-order valence-electron chi connectivity index (χ3n) is 3.97. The lowest BCUT2D eigenvalue weighted by Crippen LogP contribution is -2.49. The number of carbonyl (C=O) groups is 3. The first-order valence-corrected chi connectivity index (χ1v) is 8.59. The summed E-state index contributed by atoms with van der Waals surface area (Å²) in [6, 6.07) is 16.4. The first-order chi connectivity index (χ1) is 13.0. The van der Waals surface area contributed by atoms with Crippen LogP contribution < -0.4 is 16.4 Å². The lowest BCUT2D eigenvalue weighted by atomic mass is 10.1. The fraction of sp³-hybridized carbons (Fsp3) is 0.250. The van der Waals surface area contributed by atoms with Crippen LogP contribution in [-0.2, 0) is 27.2 Å². The van der Waals surface area contributed by atoms with Gasteiger partial charge in [-0.3, -0.25) is 9.59 Å². The Kier molecular flexibility index (Phi) is 7.51. The minimum atomic E-state index is -1.14. The molecular formula is C20H23N3O4. The number of carbonyl (C=O) groups excluding carboxylic acids is 2. The lowest BCUT2D eigenvalue weighted by molar-refractivity contribution is -0.141. The predicted molar refractivity (Wildman–Crippen MR) is 101 cm³/mol. The zero-order valence-corrected chi connectivity index (χ0v) is 14.8. The first-order valence-electron chi connectivity index (χ1n) is 8.59. The molecule has 0 aliphatic heterocycles. The second-order valence-corrected chi connectivity index (χ2v) is 6.16. The van der Waals surface area contributed by atoms with E-state index in [4.69, 9.17) is 5.73 Å². The molecule has 0 bridgehead atoms. The van der Waals surface area contributed by atoms with Crippen LogP contribution in [0.25, 0.3) is 0 Å². The lowest BCUT2D eigenvalue weighted by Gasteiger charge is -2.16. The van der Waals surface area contributed by atoms with Crippen molar-refractivity contribution in [1.82, 2.24) is 10.6 Å². The van der Waals surface area contributed by atoms with E-state index in [-0.39, 0.29) is 13.0 Å². The third-order valence-corrected chi connectivity index (χ3v) is 3.97. The highest BCUT2D eigenvalue weighted by Crippen LogP contribution is 2.04. The number of benzene rings is 2. The second kappa shape index (κ2) is 10.1. The van der Waals surface area contributed by atoms with Gasteiger partial charge in [-0.05, 0) is 17.5 Å². The van der Waals surface area contributed by atoms with E-state index in [0.717, 1.165) is 11.1 Å². The molecule has 2 atom stereocenters. The van der Waals surface area contributed by atoms with Crippen molar-refractivity contribution in [3.8, 4) is 0 Å². The smallest absolute Gasteiger partial charge is 0.326 e. The highest BCUT2D eigenvalue weighted by Gasteiger charge is 2.21. The van der Waals surface area contributed by atoms with Gasteiger partial charge in [0.15, 0.2) is 0 Å². The Balaban J connectivity index is 1.81. The number of hydrogen-bond acceptors (Lipinski definition) is 4. The van der Waals surface area contributed by atoms with Crippen molar-refractivity contribution in [1.29, 1.82) is 0 Å². The topological polar surface area (TPSA) is 122 Å². The molecule has 0 heterocycles. The van der Waals surface area contributed by atoms with E-state index in [0.29, 0.717) is 6.42 Å². The standard InChI is InChI=1S/C20H23N3O4/c21-16(11-14-7-3-1-4-8-14)19(25)22-13-18(24)23-17(20(26)27)12-15-9-5-2-6-10-15/h1-10,16-17H,11-13,21H2,(H,22,25)(H,23,24)(H,26,27). The molecule has 142 valence electrons. The molecule has 0 aromatic heterocycles. The number of aliphatic carboxylic acids is 1. The predicted octanol–water partition coefficient (Wildman–Crippen LogP) is 0.485. The molecule has 2 amide bonds. The Hall–Kier alpha value is -3.19. The molecule has 7 heteroatoms. The maximum absolute atomic E-state index is 12.0. The van der Waals surface area contributed by atoms with E-state index >= 15 is 0 Å². The van der Waals surface area contributed by atoms with Crippen molar-refractivity contribution >= 4 is 17.8 Å². The van der Waals surface area contributed by atoms with Crippen LogP contribution in [0.5, 0.6) is 0 Å². The van der Waals surface area contributed by atoms with Gasteiger partial charge in [-0.15, -0.1) is 0 Å². The maximum atomic E-state index is 12.0. The number of carboxylic acid groups (broad SMARTS) is 1. The molecule has 2 unspecified atom stereocenters. The average molecular weight is 369 g/mol. The summed E-state index contributed by atoms with van der Waals surface area (Å²) in [5.74, 6) is -2.19. The van der Waals surface area contributed by atoms with Crippen LogP contribution in [-0.4, -0.2) is 41.5 Å². The largest absolute Gasteiger partial charge is 0.480 e. The Morgan fingerprint density at radius 1 is 0.889 bits per heavy atom. The molecule has 0 saturated heterocycles. The summed E-state index contributed by atoms with van der Waals surface area (Å²) in [7, 11) is 0. The van der Waals surface area contributed by atoms with Crippen molar-refractivity contribution in [2.75, 3.05) is 6.54 Å². The van der Waals surface area contributed by atoms with Crippen LogP contribution in [0.4, 0.5) is 0 Å². The Morgan fingerprint density at radius 3 is 1.93 bits per heavy atom. The zero-order valence-electron chi connectivity index (χ0n) is 14.8. The van der Waals surface area contributed by atoms with E-state index in [1.54, 1.807) is 24.3 Å². The fourth-order valence-electron chi connectivity index (χ4n) is 2.55. The number of amides is 2. The van der Waals surface area contributed by atoms with Crippen molar-refractivity contribution < 1.29 is 19.5 Å². The van der Waals surface area contributed by atoms with E-state index in [9.17, 15) is 19.5 Å². The highest BCUT2D eigenvalue weighted by atomic mass is 16.4. The average Bonchev–Trinajstić information content (AvgIpc) is 2.67. The summed E-state index contributed by atoms with van der Waals surface area (Å²) in [6.07, 6.45) is 0.503. The molecule has 0 radical (unpaired) electrons. The summed E-state index contributed by atoms with van der Waals surface area (Å²) >= 11 is 0. The first kappa shape index (κ1) is 20.1. The van der Waals surface area contributed by atoms with Crippen molar-refractivity contribution in [2.45, 2.75) is 24.9 Å². The molecule has 0 spiro atoms. The molecule has 0 fully saturated rings. The molecule has 0 aliphatic rings. The van der Waals surface area contributed by atoms with Crippen LogP contribution in [0.15, 0.2) is 60.7 Å². The van der Waals surface area contributed by atoms with Crippen molar-refractivity contribution in [3.63, 3.8) is 0 Å². The van der Waals surface area contributed by atoms with Crippen LogP contribution in [0.2, 0.25) is 0 Å². The molecule has 0 saturated carbocycles. The number of nitrogens with one attached hydrogen (secondary N) is 2. The van der Waals surface area contributed by atoms with Gasteiger partial charge in [-0.25, -0.2) is 4.79 Å². The minimum absolute atomic E-state index is 0.156. The Labute approximate surface area is 157 Å². The highest BCUT2D eigenvalue weighted by molar-refractivity contribution is 5.89.